The summed E-state index contributed by atoms with van der Waals surface area (Å²) in [6, 6.07) is 5.20. The fourth-order valence-corrected chi connectivity index (χ4v) is 3.57. The van der Waals surface area contributed by atoms with Crippen molar-refractivity contribution in [2.45, 2.75) is 45.5 Å². The minimum atomic E-state index is -4.64. The van der Waals surface area contributed by atoms with Crippen molar-refractivity contribution in [3.8, 4) is 0 Å². The summed E-state index contributed by atoms with van der Waals surface area (Å²) in [5.41, 5.74) is -0.552. The molecule has 0 unspecified atom stereocenters. The van der Waals surface area contributed by atoms with Crippen LogP contribution < -0.4 is 5.43 Å². The number of halogens is 3. The van der Waals surface area contributed by atoms with Crippen LogP contribution in [0.2, 0.25) is 0 Å². The number of rotatable bonds is 2. The number of hydrogen-bond acceptors (Lipinski definition) is 2. The third-order valence-corrected chi connectivity index (χ3v) is 4.73. The zero-order valence-corrected chi connectivity index (χ0v) is 14.1. The molecule has 1 atom stereocenters. The van der Waals surface area contributed by atoms with Gasteiger partial charge in [0.1, 0.15) is 5.69 Å². The highest BCUT2D eigenvalue weighted by Crippen LogP contribution is 2.32. The molecular weight excluding hydrogens is 333 g/mol. The van der Waals surface area contributed by atoms with Crippen LogP contribution >= 0.6 is 0 Å². The molecule has 1 saturated heterocycles. The highest BCUT2D eigenvalue weighted by atomic mass is 19.4. The Hall–Kier alpha value is -2.31. The number of aryl methyl sites for hydroxylation is 1. The van der Waals surface area contributed by atoms with E-state index in [0.29, 0.717) is 19.0 Å². The van der Waals surface area contributed by atoms with Gasteiger partial charge in [-0.3, -0.25) is 9.59 Å². The van der Waals surface area contributed by atoms with Gasteiger partial charge in [0.25, 0.3) is 0 Å². The van der Waals surface area contributed by atoms with Crippen molar-refractivity contribution in [2.75, 3.05) is 6.54 Å². The highest BCUT2D eigenvalue weighted by molar-refractivity contribution is 5.80. The van der Waals surface area contributed by atoms with Crippen molar-refractivity contribution in [1.29, 1.82) is 0 Å². The summed E-state index contributed by atoms with van der Waals surface area (Å²) in [5.74, 6) is -0.141. The molecule has 2 aromatic rings. The molecule has 0 aliphatic carbocycles. The molecule has 1 aliphatic heterocycles. The first-order valence-corrected chi connectivity index (χ1v) is 8.17. The molecule has 1 aromatic carbocycles. The summed E-state index contributed by atoms with van der Waals surface area (Å²) in [6.07, 6.45) is -3.23. The second-order valence-corrected chi connectivity index (χ2v) is 6.53. The van der Waals surface area contributed by atoms with Crippen LogP contribution in [0, 0.1) is 6.92 Å². The van der Waals surface area contributed by atoms with E-state index in [0.717, 1.165) is 16.6 Å². The Morgan fingerprint density at radius 2 is 2.00 bits per heavy atom. The summed E-state index contributed by atoms with van der Waals surface area (Å²) < 4.78 is 41.7. The molecule has 0 saturated carbocycles. The Kier molecular flexibility index (Phi) is 4.34. The first-order valence-electron chi connectivity index (χ1n) is 8.17. The lowest BCUT2D eigenvalue weighted by atomic mass is 10.1. The lowest BCUT2D eigenvalue weighted by molar-refractivity contribution is -0.144. The summed E-state index contributed by atoms with van der Waals surface area (Å²) >= 11 is 0. The van der Waals surface area contributed by atoms with Gasteiger partial charge in [-0.15, -0.1) is 0 Å². The number of nitrogens with zero attached hydrogens (tertiary/aromatic N) is 2. The monoisotopic (exact) mass is 352 g/mol. The van der Waals surface area contributed by atoms with Gasteiger partial charge in [-0.05, 0) is 31.9 Å². The molecule has 1 amide bonds. The Morgan fingerprint density at radius 3 is 2.64 bits per heavy atom. The zero-order valence-electron chi connectivity index (χ0n) is 14.1. The second-order valence-electron chi connectivity index (χ2n) is 6.53. The number of carbonyl (C=O) groups excluding carboxylic acids is 1. The van der Waals surface area contributed by atoms with E-state index in [1.54, 1.807) is 30.0 Å². The number of carbonyl (C=O) groups is 1. The summed E-state index contributed by atoms with van der Waals surface area (Å²) in [4.78, 5) is 25.5. The van der Waals surface area contributed by atoms with Crippen molar-refractivity contribution in [3.63, 3.8) is 0 Å². The number of aromatic nitrogens is 1. The highest BCUT2D eigenvalue weighted by Gasteiger charge is 2.37. The first-order chi connectivity index (χ1) is 11.7. The molecule has 4 nitrogen and oxygen atoms in total. The number of benzene rings is 1. The third-order valence-electron chi connectivity index (χ3n) is 4.73. The fourth-order valence-electron chi connectivity index (χ4n) is 3.57. The summed E-state index contributed by atoms with van der Waals surface area (Å²) in [5, 5.41) is 0.264. The predicted octanol–water partition coefficient (Wildman–Crippen LogP) is 3.34. The van der Waals surface area contributed by atoms with E-state index in [9.17, 15) is 22.8 Å². The van der Waals surface area contributed by atoms with E-state index >= 15 is 0 Å². The van der Waals surface area contributed by atoms with E-state index in [4.69, 9.17) is 0 Å². The van der Waals surface area contributed by atoms with Crippen molar-refractivity contribution in [3.05, 3.63) is 45.7 Å². The average molecular weight is 352 g/mol. The van der Waals surface area contributed by atoms with E-state index in [2.05, 4.69) is 0 Å². The van der Waals surface area contributed by atoms with Crippen molar-refractivity contribution < 1.29 is 18.0 Å². The molecule has 0 spiro atoms. The fraction of sp³-hybridized carbons (Fsp3) is 0.444. The molecule has 7 heteroatoms. The Labute approximate surface area is 142 Å². The maximum Gasteiger partial charge on any atom is 0.431 e. The molecule has 0 N–H and O–H groups in total. The molecule has 1 aliphatic rings. The number of amides is 1. The molecule has 25 heavy (non-hydrogen) atoms. The Balaban J connectivity index is 2.19. The van der Waals surface area contributed by atoms with Crippen LogP contribution in [0.5, 0.6) is 0 Å². The number of alkyl halides is 3. The Morgan fingerprint density at radius 1 is 1.28 bits per heavy atom. The number of fused-ring (bicyclic) bond motifs is 1. The van der Waals surface area contributed by atoms with Gasteiger partial charge in [0, 0.05) is 37.5 Å². The van der Waals surface area contributed by atoms with E-state index < -0.39 is 17.3 Å². The molecule has 0 radical (unpaired) electrons. The smallest absolute Gasteiger partial charge is 0.338 e. The number of likely N-dealkylation sites (tertiary alicyclic amines) is 1. The van der Waals surface area contributed by atoms with Gasteiger partial charge in [-0.1, -0.05) is 11.6 Å². The van der Waals surface area contributed by atoms with Crippen LogP contribution in [-0.4, -0.2) is 28.0 Å². The molecule has 2 heterocycles. The van der Waals surface area contributed by atoms with Crippen LogP contribution in [0.1, 0.15) is 31.0 Å². The Bertz CT molecular complexity index is 886. The van der Waals surface area contributed by atoms with Gasteiger partial charge in [-0.2, -0.15) is 13.2 Å². The average Bonchev–Trinajstić information content (AvgIpc) is 2.97. The van der Waals surface area contributed by atoms with Crippen LogP contribution in [0.15, 0.2) is 29.1 Å². The van der Waals surface area contributed by atoms with E-state index in [-0.39, 0.29) is 29.4 Å². The minimum absolute atomic E-state index is 0.0221. The number of hydrogen-bond donors (Lipinski definition) is 0. The molecule has 3 rings (SSSR count). The van der Waals surface area contributed by atoms with Crippen molar-refractivity contribution in [1.82, 2.24) is 9.47 Å². The first kappa shape index (κ1) is 17.5. The molecule has 134 valence electrons. The topological polar surface area (TPSA) is 42.3 Å². The van der Waals surface area contributed by atoms with Crippen LogP contribution in [0.3, 0.4) is 0 Å². The van der Waals surface area contributed by atoms with Gasteiger partial charge >= 0.3 is 6.18 Å². The largest absolute Gasteiger partial charge is 0.431 e. The van der Waals surface area contributed by atoms with Crippen molar-refractivity contribution in [2.24, 2.45) is 0 Å². The maximum absolute atomic E-state index is 13.5. The van der Waals surface area contributed by atoms with Crippen LogP contribution in [0.4, 0.5) is 13.2 Å². The van der Waals surface area contributed by atoms with Crippen LogP contribution in [-0.2, 0) is 17.5 Å². The maximum atomic E-state index is 13.5. The van der Waals surface area contributed by atoms with Gasteiger partial charge < -0.3 is 9.47 Å². The standard InChI is InChI=1S/C18H19F3N2O2/c1-11-5-6-15-14(8-11)16(25)9-17(18(19,20)21)23(15)10-13-4-3-7-22(13)12(2)24/h5-6,8-9,13H,3-4,7,10H2,1-2H3/t13-/m1/s1. The number of pyridine rings is 1. The lowest BCUT2D eigenvalue weighted by Gasteiger charge is -2.27. The van der Waals surface area contributed by atoms with Gasteiger partial charge in [0.15, 0.2) is 5.43 Å². The normalized spacial score (nSPS) is 18.1. The van der Waals surface area contributed by atoms with E-state index in [1.165, 1.54) is 6.92 Å². The molecule has 1 aromatic heterocycles. The second kappa shape index (κ2) is 6.20. The molecule has 1 fully saturated rings. The zero-order chi connectivity index (χ0) is 18.4. The van der Waals surface area contributed by atoms with Crippen LogP contribution in [0.25, 0.3) is 10.9 Å². The van der Waals surface area contributed by atoms with Gasteiger partial charge in [-0.25, -0.2) is 0 Å². The lowest BCUT2D eigenvalue weighted by Crippen LogP contribution is -2.38. The van der Waals surface area contributed by atoms with Gasteiger partial charge in [0.05, 0.1) is 5.52 Å². The summed E-state index contributed by atoms with van der Waals surface area (Å²) in [7, 11) is 0. The summed E-state index contributed by atoms with van der Waals surface area (Å²) in [6.45, 7) is 3.79. The quantitative estimate of drug-likeness (QED) is 0.832. The third kappa shape index (κ3) is 3.27. The predicted molar refractivity (Wildman–Crippen MR) is 88.4 cm³/mol. The van der Waals surface area contributed by atoms with Crippen molar-refractivity contribution >= 4 is 16.8 Å². The van der Waals surface area contributed by atoms with E-state index in [1.807, 2.05) is 0 Å². The van der Waals surface area contributed by atoms with Gasteiger partial charge in [0.2, 0.25) is 5.91 Å². The minimum Gasteiger partial charge on any atom is -0.338 e. The SMILES string of the molecule is CC(=O)N1CCC[C@@H]1Cn1c(C(F)(F)F)cc(=O)c2cc(C)ccc21. The molecular formula is C18H19F3N2O2. The molecule has 0 bridgehead atoms.